The van der Waals surface area contributed by atoms with E-state index in [0.29, 0.717) is 11.5 Å². The lowest BCUT2D eigenvalue weighted by Crippen LogP contribution is -2.17. The van der Waals surface area contributed by atoms with Crippen LogP contribution in [0.5, 0.6) is 28.7 Å². The van der Waals surface area contributed by atoms with Gasteiger partial charge in [0.25, 0.3) is 0 Å². The van der Waals surface area contributed by atoms with Crippen molar-refractivity contribution in [1.82, 2.24) is 0 Å². The van der Waals surface area contributed by atoms with E-state index in [0.717, 1.165) is 28.0 Å². The summed E-state index contributed by atoms with van der Waals surface area (Å²) in [6, 6.07) is 16.2. The van der Waals surface area contributed by atoms with Crippen molar-refractivity contribution in [3.8, 4) is 28.7 Å². The standard InChI is InChI=1S/C25H28O6/c1-15-5-6-17(12-22(15)29-2)25(18-8-10-21(28)24(13-18)31-4)19(14-26)16-7-9-20(27)23(11-16)30-3/h5-13,19,25-28H,14H2,1-4H3. The van der Waals surface area contributed by atoms with Crippen molar-refractivity contribution in [3.05, 3.63) is 76.9 Å². The lowest BCUT2D eigenvalue weighted by molar-refractivity contribution is 0.254. The Morgan fingerprint density at radius 1 is 0.677 bits per heavy atom. The van der Waals surface area contributed by atoms with Crippen LogP contribution in [0.3, 0.4) is 0 Å². The zero-order valence-corrected chi connectivity index (χ0v) is 18.1. The molecule has 2 atom stereocenters. The zero-order chi connectivity index (χ0) is 22.5. The van der Waals surface area contributed by atoms with E-state index >= 15 is 0 Å². The average Bonchev–Trinajstić information content (AvgIpc) is 2.79. The first-order chi connectivity index (χ1) is 14.9. The third-order valence-corrected chi connectivity index (χ3v) is 5.59. The first-order valence-electron chi connectivity index (χ1n) is 9.92. The summed E-state index contributed by atoms with van der Waals surface area (Å²) in [6.45, 7) is 1.81. The number of hydrogen-bond acceptors (Lipinski definition) is 6. The van der Waals surface area contributed by atoms with Gasteiger partial charge in [0.15, 0.2) is 23.0 Å². The Balaban J connectivity index is 2.21. The van der Waals surface area contributed by atoms with Gasteiger partial charge in [0.1, 0.15) is 5.75 Å². The summed E-state index contributed by atoms with van der Waals surface area (Å²) in [6.07, 6.45) is 0. The highest BCUT2D eigenvalue weighted by molar-refractivity contribution is 5.50. The largest absolute Gasteiger partial charge is 0.504 e. The molecule has 0 amide bonds. The molecule has 3 aromatic carbocycles. The Hall–Kier alpha value is -3.38. The van der Waals surface area contributed by atoms with Crippen LogP contribution >= 0.6 is 0 Å². The molecule has 0 aliphatic heterocycles. The van der Waals surface area contributed by atoms with Crippen molar-refractivity contribution >= 4 is 0 Å². The van der Waals surface area contributed by atoms with Gasteiger partial charge in [-0.3, -0.25) is 0 Å². The third kappa shape index (κ3) is 4.54. The van der Waals surface area contributed by atoms with Gasteiger partial charge >= 0.3 is 0 Å². The van der Waals surface area contributed by atoms with Crippen LogP contribution in [0.15, 0.2) is 54.6 Å². The molecule has 3 rings (SSSR count). The second-order valence-electron chi connectivity index (χ2n) is 7.36. The zero-order valence-electron chi connectivity index (χ0n) is 18.1. The molecule has 31 heavy (non-hydrogen) atoms. The van der Waals surface area contributed by atoms with E-state index in [1.54, 1.807) is 37.4 Å². The highest BCUT2D eigenvalue weighted by atomic mass is 16.5. The van der Waals surface area contributed by atoms with E-state index < -0.39 is 0 Å². The van der Waals surface area contributed by atoms with Crippen LogP contribution in [0, 0.1) is 6.92 Å². The lowest BCUT2D eigenvalue weighted by Gasteiger charge is -2.28. The Labute approximate surface area is 182 Å². The predicted octanol–water partition coefficient (Wildman–Crippen LogP) is 4.34. The SMILES string of the molecule is COc1cc(C(c2ccc(O)c(OC)c2)C(CO)c2ccc(O)c(OC)c2)ccc1C. The van der Waals surface area contributed by atoms with Gasteiger partial charge in [-0.2, -0.15) is 0 Å². The Bertz CT molecular complexity index is 993. The molecule has 0 fully saturated rings. The van der Waals surface area contributed by atoms with E-state index in [2.05, 4.69) is 0 Å². The monoisotopic (exact) mass is 424 g/mol. The minimum atomic E-state index is -0.365. The van der Waals surface area contributed by atoms with Crippen molar-refractivity contribution in [2.75, 3.05) is 27.9 Å². The van der Waals surface area contributed by atoms with E-state index in [9.17, 15) is 15.3 Å². The number of hydrogen-bond donors (Lipinski definition) is 3. The number of phenolic OH excluding ortho intramolecular Hbond substituents is 2. The molecule has 0 saturated heterocycles. The number of ether oxygens (including phenoxy) is 3. The topological polar surface area (TPSA) is 88.4 Å². The minimum absolute atomic E-state index is 0.0304. The summed E-state index contributed by atoms with van der Waals surface area (Å²) in [4.78, 5) is 0. The molecule has 164 valence electrons. The number of aliphatic hydroxyl groups excluding tert-OH is 1. The first-order valence-corrected chi connectivity index (χ1v) is 9.92. The Kier molecular flexibility index (Phi) is 6.92. The summed E-state index contributed by atoms with van der Waals surface area (Å²) in [5.41, 5.74) is 3.59. The molecule has 6 heteroatoms. The number of aliphatic hydroxyl groups is 1. The number of rotatable bonds is 8. The molecule has 0 radical (unpaired) electrons. The van der Waals surface area contributed by atoms with Crippen LogP contribution < -0.4 is 14.2 Å². The highest BCUT2D eigenvalue weighted by Gasteiger charge is 2.28. The summed E-state index contributed by atoms with van der Waals surface area (Å²) in [5, 5.41) is 30.5. The fourth-order valence-electron chi connectivity index (χ4n) is 3.90. The molecular weight excluding hydrogens is 396 g/mol. The maximum Gasteiger partial charge on any atom is 0.160 e. The molecular formula is C25H28O6. The van der Waals surface area contributed by atoms with E-state index in [1.807, 2.05) is 31.2 Å². The predicted molar refractivity (Wildman–Crippen MR) is 119 cm³/mol. The summed E-state index contributed by atoms with van der Waals surface area (Å²) < 4.78 is 16.1. The van der Waals surface area contributed by atoms with Gasteiger partial charge in [-0.25, -0.2) is 0 Å². The Morgan fingerprint density at radius 3 is 1.65 bits per heavy atom. The van der Waals surface area contributed by atoms with Gasteiger partial charge in [0.2, 0.25) is 0 Å². The number of aromatic hydroxyl groups is 2. The average molecular weight is 424 g/mol. The van der Waals surface area contributed by atoms with Crippen molar-refractivity contribution in [2.24, 2.45) is 0 Å². The molecule has 2 unspecified atom stereocenters. The van der Waals surface area contributed by atoms with Crippen LogP contribution in [0.2, 0.25) is 0 Å². The van der Waals surface area contributed by atoms with Crippen molar-refractivity contribution in [1.29, 1.82) is 0 Å². The number of methoxy groups -OCH3 is 3. The smallest absolute Gasteiger partial charge is 0.160 e. The van der Waals surface area contributed by atoms with E-state index in [4.69, 9.17) is 14.2 Å². The van der Waals surface area contributed by atoms with Gasteiger partial charge in [0, 0.05) is 11.8 Å². The number of benzene rings is 3. The lowest BCUT2D eigenvalue weighted by atomic mass is 9.77. The molecule has 3 aromatic rings. The summed E-state index contributed by atoms with van der Waals surface area (Å²) in [5.74, 6) is 0.842. The molecule has 0 saturated carbocycles. The quantitative estimate of drug-likeness (QED) is 0.499. The normalized spacial score (nSPS) is 12.8. The van der Waals surface area contributed by atoms with Gasteiger partial charge in [-0.05, 0) is 59.5 Å². The maximum absolute atomic E-state index is 10.5. The fraction of sp³-hybridized carbons (Fsp3) is 0.280. The van der Waals surface area contributed by atoms with Gasteiger partial charge in [0.05, 0.1) is 27.9 Å². The molecule has 0 spiro atoms. The molecule has 0 bridgehead atoms. The second kappa shape index (κ2) is 9.62. The van der Waals surface area contributed by atoms with Gasteiger partial charge < -0.3 is 29.5 Å². The molecule has 0 aliphatic rings. The van der Waals surface area contributed by atoms with Crippen LogP contribution in [0.4, 0.5) is 0 Å². The first kappa shape index (κ1) is 22.3. The molecule has 0 heterocycles. The molecule has 0 aromatic heterocycles. The van der Waals surface area contributed by atoms with Crippen LogP contribution in [0.1, 0.15) is 34.1 Å². The van der Waals surface area contributed by atoms with Crippen molar-refractivity contribution in [3.63, 3.8) is 0 Å². The summed E-state index contributed by atoms with van der Waals surface area (Å²) in [7, 11) is 4.61. The fourth-order valence-corrected chi connectivity index (χ4v) is 3.90. The van der Waals surface area contributed by atoms with Gasteiger partial charge in [-0.15, -0.1) is 0 Å². The summed E-state index contributed by atoms with van der Waals surface area (Å²) >= 11 is 0. The van der Waals surface area contributed by atoms with E-state index in [-0.39, 0.29) is 29.9 Å². The van der Waals surface area contributed by atoms with Crippen LogP contribution in [-0.4, -0.2) is 43.3 Å². The Morgan fingerprint density at radius 2 is 1.13 bits per heavy atom. The third-order valence-electron chi connectivity index (χ3n) is 5.59. The number of phenols is 2. The van der Waals surface area contributed by atoms with E-state index in [1.165, 1.54) is 14.2 Å². The van der Waals surface area contributed by atoms with Gasteiger partial charge in [-0.1, -0.05) is 24.3 Å². The molecule has 0 aliphatic carbocycles. The minimum Gasteiger partial charge on any atom is -0.504 e. The van der Waals surface area contributed by atoms with Crippen molar-refractivity contribution in [2.45, 2.75) is 18.8 Å². The molecule has 6 nitrogen and oxygen atoms in total. The maximum atomic E-state index is 10.5. The second-order valence-corrected chi connectivity index (χ2v) is 7.36. The van der Waals surface area contributed by atoms with Crippen molar-refractivity contribution < 1.29 is 29.5 Å². The number of aryl methyl sites for hydroxylation is 1. The highest BCUT2D eigenvalue weighted by Crippen LogP contribution is 2.43. The molecule has 3 N–H and O–H groups in total. The van der Waals surface area contributed by atoms with Crippen LogP contribution in [-0.2, 0) is 0 Å². The van der Waals surface area contributed by atoms with Crippen LogP contribution in [0.25, 0.3) is 0 Å².